The normalized spacial score (nSPS) is 15.8. The first-order valence-corrected chi connectivity index (χ1v) is 8.01. The molecule has 6 heteroatoms. The number of carbonyl (C=O) groups is 1. The van der Waals surface area contributed by atoms with Gasteiger partial charge in [0.25, 0.3) is 0 Å². The number of rotatable bonds is 4. The summed E-state index contributed by atoms with van der Waals surface area (Å²) in [5, 5.41) is 16.3. The van der Waals surface area contributed by atoms with Crippen molar-refractivity contribution < 1.29 is 4.79 Å². The quantitative estimate of drug-likeness (QED) is 0.904. The van der Waals surface area contributed by atoms with E-state index in [1.54, 1.807) is 0 Å². The van der Waals surface area contributed by atoms with Gasteiger partial charge in [-0.3, -0.25) is 4.79 Å². The number of benzene rings is 1. The van der Waals surface area contributed by atoms with Crippen LogP contribution in [0.5, 0.6) is 0 Å². The molecule has 110 valence electrons. The van der Waals surface area contributed by atoms with Crippen LogP contribution >= 0.6 is 11.3 Å². The lowest BCUT2D eigenvalue weighted by molar-refractivity contribution is -0.125. The molecule has 0 spiro atoms. The van der Waals surface area contributed by atoms with Crippen molar-refractivity contribution in [1.29, 1.82) is 0 Å². The van der Waals surface area contributed by atoms with Crippen molar-refractivity contribution in [2.75, 3.05) is 13.1 Å². The third kappa shape index (κ3) is 3.65. The van der Waals surface area contributed by atoms with Gasteiger partial charge in [-0.1, -0.05) is 41.7 Å². The average molecular weight is 302 g/mol. The summed E-state index contributed by atoms with van der Waals surface area (Å²) in [6.45, 7) is 2.32. The molecule has 1 aromatic heterocycles. The van der Waals surface area contributed by atoms with Gasteiger partial charge in [0.05, 0.1) is 6.54 Å². The van der Waals surface area contributed by atoms with E-state index in [9.17, 15) is 4.79 Å². The predicted octanol–water partition coefficient (Wildman–Crippen LogP) is 1.82. The van der Waals surface area contributed by atoms with Crippen molar-refractivity contribution in [3.63, 3.8) is 0 Å². The van der Waals surface area contributed by atoms with Gasteiger partial charge in [-0.25, -0.2) is 0 Å². The van der Waals surface area contributed by atoms with E-state index >= 15 is 0 Å². The summed E-state index contributed by atoms with van der Waals surface area (Å²) in [5.74, 6) is 0.265. The molecule has 0 saturated carbocycles. The van der Waals surface area contributed by atoms with Crippen LogP contribution in [-0.4, -0.2) is 29.2 Å². The summed E-state index contributed by atoms with van der Waals surface area (Å²) >= 11 is 1.53. The Morgan fingerprint density at radius 1 is 1.24 bits per heavy atom. The molecule has 0 atom stereocenters. The lowest BCUT2D eigenvalue weighted by Gasteiger charge is -2.21. The molecule has 1 aromatic carbocycles. The van der Waals surface area contributed by atoms with Crippen LogP contribution in [0.25, 0.3) is 10.6 Å². The fourth-order valence-corrected chi connectivity index (χ4v) is 3.20. The maximum Gasteiger partial charge on any atom is 0.223 e. The summed E-state index contributed by atoms with van der Waals surface area (Å²) in [6, 6.07) is 9.96. The average Bonchev–Trinajstić information content (AvgIpc) is 3.03. The molecule has 0 radical (unpaired) electrons. The van der Waals surface area contributed by atoms with Gasteiger partial charge in [0.1, 0.15) is 10.0 Å². The summed E-state index contributed by atoms with van der Waals surface area (Å²) in [7, 11) is 0. The van der Waals surface area contributed by atoms with Crippen LogP contribution in [0, 0.1) is 5.92 Å². The number of hydrogen-bond acceptors (Lipinski definition) is 5. The first-order valence-electron chi connectivity index (χ1n) is 7.19. The second-order valence-corrected chi connectivity index (χ2v) is 6.17. The van der Waals surface area contributed by atoms with E-state index < -0.39 is 0 Å². The summed E-state index contributed by atoms with van der Waals surface area (Å²) in [5.41, 5.74) is 1.06. The van der Waals surface area contributed by atoms with Crippen molar-refractivity contribution in [2.45, 2.75) is 19.4 Å². The van der Waals surface area contributed by atoms with Crippen molar-refractivity contribution >= 4 is 17.2 Å². The Hall–Kier alpha value is -1.79. The van der Waals surface area contributed by atoms with E-state index in [4.69, 9.17) is 0 Å². The van der Waals surface area contributed by atoms with E-state index in [1.807, 2.05) is 30.3 Å². The van der Waals surface area contributed by atoms with E-state index in [0.29, 0.717) is 6.54 Å². The highest BCUT2D eigenvalue weighted by Crippen LogP contribution is 2.23. The highest BCUT2D eigenvalue weighted by molar-refractivity contribution is 7.14. The molecule has 3 rings (SSSR count). The number of hydrogen-bond donors (Lipinski definition) is 2. The Morgan fingerprint density at radius 3 is 2.76 bits per heavy atom. The number of nitrogens with zero attached hydrogens (tertiary/aromatic N) is 2. The molecule has 21 heavy (non-hydrogen) atoms. The number of carbonyl (C=O) groups excluding carboxylic acids is 1. The molecule has 2 N–H and O–H groups in total. The van der Waals surface area contributed by atoms with Gasteiger partial charge < -0.3 is 10.6 Å². The van der Waals surface area contributed by atoms with Crippen molar-refractivity contribution in [2.24, 2.45) is 5.92 Å². The highest BCUT2D eigenvalue weighted by Gasteiger charge is 2.20. The number of aromatic nitrogens is 2. The lowest BCUT2D eigenvalue weighted by atomic mass is 9.97. The number of amides is 1. The van der Waals surface area contributed by atoms with Crippen LogP contribution in [-0.2, 0) is 11.3 Å². The fourth-order valence-electron chi connectivity index (χ4n) is 2.41. The minimum absolute atomic E-state index is 0.132. The number of piperidine rings is 1. The minimum atomic E-state index is 0.132. The smallest absolute Gasteiger partial charge is 0.223 e. The van der Waals surface area contributed by atoms with Gasteiger partial charge in [-0.15, -0.1) is 10.2 Å². The van der Waals surface area contributed by atoms with E-state index in [1.165, 1.54) is 11.3 Å². The van der Waals surface area contributed by atoms with Gasteiger partial charge in [-0.2, -0.15) is 0 Å². The highest BCUT2D eigenvalue weighted by atomic mass is 32.1. The molecule has 1 fully saturated rings. The Bertz CT molecular complexity index is 593. The van der Waals surface area contributed by atoms with Crippen molar-refractivity contribution in [1.82, 2.24) is 20.8 Å². The summed E-state index contributed by atoms with van der Waals surface area (Å²) in [4.78, 5) is 12.1. The number of nitrogens with one attached hydrogen (secondary N) is 2. The van der Waals surface area contributed by atoms with Crippen molar-refractivity contribution in [3.8, 4) is 10.6 Å². The molecule has 0 unspecified atom stereocenters. The molecular formula is C15H18N4OS. The van der Waals surface area contributed by atoms with E-state index in [2.05, 4.69) is 20.8 Å². The monoisotopic (exact) mass is 302 g/mol. The van der Waals surface area contributed by atoms with Crippen LogP contribution in [0.2, 0.25) is 0 Å². The Labute approximate surface area is 127 Å². The third-order valence-corrected chi connectivity index (χ3v) is 4.58. The maximum absolute atomic E-state index is 12.1. The Morgan fingerprint density at radius 2 is 2.00 bits per heavy atom. The second-order valence-electron chi connectivity index (χ2n) is 5.11. The van der Waals surface area contributed by atoms with Gasteiger partial charge in [0.15, 0.2) is 0 Å². The topological polar surface area (TPSA) is 66.9 Å². The van der Waals surface area contributed by atoms with Gasteiger partial charge >= 0.3 is 0 Å². The molecular weight excluding hydrogens is 284 g/mol. The Balaban J connectivity index is 1.56. The standard InChI is InChI=1S/C15H18N4OS/c20-14(11-6-8-16-9-7-11)17-10-13-18-19-15(21-13)12-4-2-1-3-5-12/h1-5,11,16H,6-10H2,(H,17,20). The van der Waals surface area contributed by atoms with Gasteiger partial charge in [0, 0.05) is 11.5 Å². The SMILES string of the molecule is O=C(NCc1nnc(-c2ccccc2)s1)C1CCNCC1. The van der Waals surface area contributed by atoms with E-state index in [-0.39, 0.29) is 11.8 Å². The van der Waals surface area contributed by atoms with Crippen LogP contribution in [0.3, 0.4) is 0 Å². The zero-order chi connectivity index (χ0) is 14.5. The molecule has 1 saturated heterocycles. The molecule has 0 aliphatic carbocycles. The maximum atomic E-state index is 12.1. The lowest BCUT2D eigenvalue weighted by Crippen LogP contribution is -2.37. The van der Waals surface area contributed by atoms with Crippen LogP contribution in [0.15, 0.2) is 30.3 Å². The van der Waals surface area contributed by atoms with Crippen LogP contribution < -0.4 is 10.6 Å². The molecule has 0 bridgehead atoms. The first kappa shape index (κ1) is 14.2. The molecule has 2 heterocycles. The molecule has 1 aliphatic heterocycles. The van der Waals surface area contributed by atoms with Crippen LogP contribution in [0.1, 0.15) is 17.8 Å². The zero-order valence-electron chi connectivity index (χ0n) is 11.7. The van der Waals surface area contributed by atoms with Gasteiger partial charge in [-0.05, 0) is 25.9 Å². The largest absolute Gasteiger partial charge is 0.349 e. The Kier molecular flexibility index (Phi) is 4.57. The zero-order valence-corrected chi connectivity index (χ0v) is 12.5. The summed E-state index contributed by atoms with van der Waals surface area (Å²) < 4.78 is 0. The molecule has 2 aromatic rings. The second kappa shape index (κ2) is 6.78. The summed E-state index contributed by atoms with van der Waals surface area (Å²) in [6.07, 6.45) is 1.83. The van der Waals surface area contributed by atoms with Crippen molar-refractivity contribution in [3.05, 3.63) is 35.3 Å². The first-order chi connectivity index (χ1) is 10.3. The predicted molar refractivity (Wildman–Crippen MR) is 82.8 cm³/mol. The third-order valence-electron chi connectivity index (χ3n) is 3.61. The molecule has 1 aliphatic rings. The fraction of sp³-hybridized carbons (Fsp3) is 0.400. The molecule has 5 nitrogen and oxygen atoms in total. The van der Waals surface area contributed by atoms with E-state index in [0.717, 1.165) is 41.5 Å². The van der Waals surface area contributed by atoms with Crippen LogP contribution in [0.4, 0.5) is 0 Å². The van der Waals surface area contributed by atoms with Gasteiger partial charge in [0.2, 0.25) is 5.91 Å². The molecule has 1 amide bonds. The minimum Gasteiger partial charge on any atom is -0.349 e.